The zero-order valence-corrected chi connectivity index (χ0v) is 14.9. The lowest BCUT2D eigenvalue weighted by molar-refractivity contribution is 0.154. The van der Waals surface area contributed by atoms with Crippen molar-refractivity contribution in [1.29, 1.82) is 0 Å². The highest BCUT2D eigenvalue weighted by atomic mass is 35.5. The number of nitrogens with zero attached hydrogens (tertiary/aromatic N) is 1. The number of piperidine rings is 1. The molecule has 0 saturated carbocycles. The van der Waals surface area contributed by atoms with E-state index < -0.39 is 0 Å². The van der Waals surface area contributed by atoms with Gasteiger partial charge < -0.3 is 15.2 Å². The molecule has 2 atom stereocenters. The van der Waals surface area contributed by atoms with Gasteiger partial charge in [-0.2, -0.15) is 0 Å². The van der Waals surface area contributed by atoms with Crippen LogP contribution in [0.3, 0.4) is 0 Å². The van der Waals surface area contributed by atoms with E-state index in [1.165, 1.54) is 24.0 Å². The third-order valence-electron chi connectivity index (χ3n) is 4.52. The van der Waals surface area contributed by atoms with Crippen molar-refractivity contribution in [3.8, 4) is 11.5 Å². The van der Waals surface area contributed by atoms with Gasteiger partial charge in [0.25, 0.3) is 0 Å². The van der Waals surface area contributed by atoms with Crippen molar-refractivity contribution in [2.45, 2.75) is 39.3 Å². The van der Waals surface area contributed by atoms with Crippen molar-refractivity contribution in [3.05, 3.63) is 23.3 Å². The fourth-order valence-electron chi connectivity index (χ4n) is 3.10. The quantitative estimate of drug-likeness (QED) is 0.902. The summed E-state index contributed by atoms with van der Waals surface area (Å²) in [4.78, 5) is 2.51. The number of hydrogen-bond acceptors (Lipinski definition) is 4. The summed E-state index contributed by atoms with van der Waals surface area (Å²) in [5.41, 5.74) is 8.62. The van der Waals surface area contributed by atoms with Crippen molar-refractivity contribution in [2.75, 3.05) is 27.3 Å². The van der Waals surface area contributed by atoms with E-state index in [1.807, 2.05) is 0 Å². The van der Waals surface area contributed by atoms with Crippen molar-refractivity contribution in [3.63, 3.8) is 0 Å². The highest BCUT2D eigenvalue weighted by Crippen LogP contribution is 2.31. The average Bonchev–Trinajstić information content (AvgIpc) is 2.49. The van der Waals surface area contributed by atoms with Crippen molar-refractivity contribution >= 4 is 12.4 Å². The van der Waals surface area contributed by atoms with Crippen LogP contribution in [-0.4, -0.2) is 38.3 Å². The van der Waals surface area contributed by atoms with Gasteiger partial charge in [0.1, 0.15) is 0 Å². The number of halogens is 1. The predicted molar refractivity (Wildman–Crippen MR) is 93.2 cm³/mol. The molecule has 2 rings (SSSR count). The maximum absolute atomic E-state index is 6.07. The number of likely N-dealkylation sites (tertiary alicyclic amines) is 1. The SMILES string of the molecule is COc1cc(C)c(CN2CCCC(C(C)N)C2)cc1OC.Cl. The summed E-state index contributed by atoms with van der Waals surface area (Å²) < 4.78 is 10.8. The maximum Gasteiger partial charge on any atom is 0.161 e. The number of ether oxygens (including phenoxy) is 2. The summed E-state index contributed by atoms with van der Waals surface area (Å²) in [6.07, 6.45) is 2.48. The van der Waals surface area contributed by atoms with Gasteiger partial charge in [-0.1, -0.05) is 0 Å². The molecule has 2 N–H and O–H groups in total. The van der Waals surface area contributed by atoms with Gasteiger partial charge in [0.05, 0.1) is 14.2 Å². The molecule has 126 valence electrons. The Labute approximate surface area is 140 Å². The van der Waals surface area contributed by atoms with Crippen LogP contribution in [0.15, 0.2) is 12.1 Å². The normalized spacial score (nSPS) is 20.1. The molecule has 1 aromatic rings. The summed E-state index contributed by atoms with van der Waals surface area (Å²) in [6.45, 7) is 7.44. The van der Waals surface area contributed by atoms with Crippen LogP contribution in [0.2, 0.25) is 0 Å². The van der Waals surface area contributed by atoms with Crippen LogP contribution in [0.4, 0.5) is 0 Å². The second-order valence-corrected chi connectivity index (χ2v) is 6.13. The molecule has 22 heavy (non-hydrogen) atoms. The lowest BCUT2D eigenvalue weighted by Gasteiger charge is -2.35. The molecule has 0 aliphatic carbocycles. The zero-order chi connectivity index (χ0) is 15.4. The Morgan fingerprint density at radius 1 is 1.27 bits per heavy atom. The van der Waals surface area contributed by atoms with Crippen molar-refractivity contribution < 1.29 is 9.47 Å². The summed E-state index contributed by atoms with van der Waals surface area (Å²) in [5.74, 6) is 2.21. The monoisotopic (exact) mass is 328 g/mol. The van der Waals surface area contributed by atoms with E-state index in [0.29, 0.717) is 5.92 Å². The molecule has 1 aromatic carbocycles. The van der Waals surface area contributed by atoms with Gasteiger partial charge in [0.15, 0.2) is 11.5 Å². The molecule has 0 bridgehead atoms. The smallest absolute Gasteiger partial charge is 0.161 e. The Morgan fingerprint density at radius 2 is 1.91 bits per heavy atom. The molecular weight excluding hydrogens is 300 g/mol. The summed E-state index contributed by atoms with van der Waals surface area (Å²) in [7, 11) is 3.36. The molecule has 1 aliphatic heterocycles. The molecule has 5 heteroatoms. The van der Waals surface area contributed by atoms with Gasteiger partial charge in [-0.15, -0.1) is 12.4 Å². The molecule has 1 fully saturated rings. The number of rotatable bonds is 5. The molecule has 1 saturated heterocycles. The molecule has 0 amide bonds. The highest BCUT2D eigenvalue weighted by Gasteiger charge is 2.23. The van der Waals surface area contributed by atoms with E-state index in [9.17, 15) is 0 Å². The number of aryl methyl sites for hydroxylation is 1. The zero-order valence-electron chi connectivity index (χ0n) is 14.1. The van der Waals surface area contributed by atoms with Gasteiger partial charge in [0, 0.05) is 19.1 Å². The topological polar surface area (TPSA) is 47.7 Å². The van der Waals surface area contributed by atoms with E-state index >= 15 is 0 Å². The van der Waals surface area contributed by atoms with E-state index in [-0.39, 0.29) is 18.4 Å². The lowest BCUT2D eigenvalue weighted by atomic mass is 9.91. The Bertz CT molecular complexity index is 480. The van der Waals surface area contributed by atoms with E-state index in [4.69, 9.17) is 15.2 Å². The standard InChI is InChI=1S/C17H28N2O2.ClH/c1-12-8-16(20-3)17(21-4)9-15(12)11-19-7-5-6-14(10-19)13(2)18;/h8-9,13-14H,5-7,10-11,18H2,1-4H3;1H. The van der Waals surface area contributed by atoms with Crippen molar-refractivity contribution in [1.82, 2.24) is 4.90 Å². The third kappa shape index (κ3) is 4.51. The Morgan fingerprint density at radius 3 is 2.50 bits per heavy atom. The average molecular weight is 329 g/mol. The maximum atomic E-state index is 6.07. The molecule has 2 unspecified atom stereocenters. The van der Waals surface area contributed by atoms with Gasteiger partial charge in [-0.25, -0.2) is 0 Å². The van der Waals surface area contributed by atoms with Gasteiger partial charge in [-0.05, 0) is 62.4 Å². The fourth-order valence-corrected chi connectivity index (χ4v) is 3.10. The van der Waals surface area contributed by atoms with E-state index in [0.717, 1.165) is 31.1 Å². The fraction of sp³-hybridized carbons (Fsp3) is 0.647. The summed E-state index contributed by atoms with van der Waals surface area (Å²) in [6, 6.07) is 4.43. The summed E-state index contributed by atoms with van der Waals surface area (Å²) >= 11 is 0. The molecule has 1 heterocycles. The van der Waals surface area contributed by atoms with Crippen LogP contribution >= 0.6 is 12.4 Å². The lowest BCUT2D eigenvalue weighted by Crippen LogP contribution is -2.42. The minimum atomic E-state index is 0. The first-order valence-electron chi connectivity index (χ1n) is 7.74. The van der Waals surface area contributed by atoms with Gasteiger partial charge >= 0.3 is 0 Å². The minimum absolute atomic E-state index is 0. The Hall–Kier alpha value is -0.970. The molecular formula is C17H29ClN2O2. The molecule has 0 radical (unpaired) electrons. The minimum Gasteiger partial charge on any atom is -0.493 e. The largest absolute Gasteiger partial charge is 0.493 e. The molecule has 0 aromatic heterocycles. The number of benzene rings is 1. The highest BCUT2D eigenvalue weighted by molar-refractivity contribution is 5.85. The second kappa shape index (κ2) is 8.61. The molecule has 0 spiro atoms. The van der Waals surface area contributed by atoms with Crippen LogP contribution in [-0.2, 0) is 6.54 Å². The van der Waals surface area contributed by atoms with Crippen LogP contribution in [0.5, 0.6) is 11.5 Å². The van der Waals surface area contributed by atoms with Crippen LogP contribution in [0.1, 0.15) is 30.9 Å². The number of nitrogens with two attached hydrogens (primary N) is 1. The van der Waals surface area contributed by atoms with Crippen molar-refractivity contribution in [2.24, 2.45) is 11.7 Å². The Kier molecular flexibility index (Phi) is 7.46. The van der Waals surface area contributed by atoms with E-state index in [1.54, 1.807) is 14.2 Å². The van der Waals surface area contributed by atoms with Gasteiger partial charge in [-0.3, -0.25) is 4.90 Å². The second-order valence-electron chi connectivity index (χ2n) is 6.13. The van der Waals surface area contributed by atoms with Crippen LogP contribution < -0.4 is 15.2 Å². The molecule has 4 nitrogen and oxygen atoms in total. The first-order valence-corrected chi connectivity index (χ1v) is 7.74. The Balaban J connectivity index is 0.00000242. The number of methoxy groups -OCH3 is 2. The first-order chi connectivity index (χ1) is 10.0. The van der Waals surface area contributed by atoms with E-state index in [2.05, 4.69) is 30.9 Å². The molecule has 1 aliphatic rings. The summed E-state index contributed by atoms with van der Waals surface area (Å²) in [5, 5.41) is 0. The first kappa shape index (κ1) is 19.1. The predicted octanol–water partition coefficient (Wildman–Crippen LogP) is 2.99. The van der Waals surface area contributed by atoms with Crippen LogP contribution in [0, 0.1) is 12.8 Å². The van der Waals surface area contributed by atoms with Gasteiger partial charge in [0.2, 0.25) is 0 Å². The van der Waals surface area contributed by atoms with Crippen LogP contribution in [0.25, 0.3) is 0 Å². The number of hydrogen-bond donors (Lipinski definition) is 1. The third-order valence-corrected chi connectivity index (χ3v) is 4.52.